The fourth-order valence-corrected chi connectivity index (χ4v) is 3.77. The first-order chi connectivity index (χ1) is 11.0. The van der Waals surface area contributed by atoms with Crippen LogP contribution in [0.15, 0.2) is 18.2 Å². The molecule has 0 saturated carbocycles. The first-order valence-corrected chi connectivity index (χ1v) is 8.25. The molecular weight excluding hydrogens is 292 g/mol. The number of hydrogen-bond acceptors (Lipinski definition) is 4. The number of methoxy groups -OCH3 is 1. The first kappa shape index (κ1) is 16.1. The summed E-state index contributed by atoms with van der Waals surface area (Å²) in [4.78, 5) is 17.1. The largest absolute Gasteiger partial charge is 0.493 e. The van der Waals surface area contributed by atoms with Crippen LogP contribution in [-0.4, -0.2) is 62.7 Å². The lowest BCUT2D eigenvalue weighted by Crippen LogP contribution is -2.41. The Morgan fingerprint density at radius 2 is 2.13 bits per heavy atom. The second-order valence-electron chi connectivity index (χ2n) is 6.91. The van der Waals surface area contributed by atoms with Gasteiger partial charge in [0.2, 0.25) is 5.91 Å². The number of ether oxygens (including phenoxy) is 2. The van der Waals surface area contributed by atoms with Gasteiger partial charge in [-0.15, -0.1) is 0 Å². The van der Waals surface area contributed by atoms with Gasteiger partial charge in [-0.3, -0.25) is 4.79 Å². The van der Waals surface area contributed by atoms with Gasteiger partial charge in [0.1, 0.15) is 6.61 Å². The predicted octanol–water partition coefficient (Wildman–Crippen LogP) is 1.65. The number of benzene rings is 1. The van der Waals surface area contributed by atoms with Crippen molar-refractivity contribution in [1.82, 2.24) is 9.80 Å². The van der Waals surface area contributed by atoms with Gasteiger partial charge >= 0.3 is 0 Å². The molecule has 0 aliphatic carbocycles. The molecule has 0 N–H and O–H groups in total. The highest BCUT2D eigenvalue weighted by atomic mass is 16.5. The van der Waals surface area contributed by atoms with Crippen molar-refractivity contribution in [3.05, 3.63) is 23.8 Å². The summed E-state index contributed by atoms with van der Waals surface area (Å²) in [6.07, 6.45) is 0.725. The van der Waals surface area contributed by atoms with Crippen LogP contribution in [0.3, 0.4) is 0 Å². The molecule has 1 amide bonds. The van der Waals surface area contributed by atoms with Crippen LogP contribution < -0.4 is 9.47 Å². The monoisotopic (exact) mass is 318 g/mol. The minimum atomic E-state index is -0.0947. The quantitative estimate of drug-likeness (QED) is 0.850. The van der Waals surface area contributed by atoms with Crippen LogP contribution in [0.5, 0.6) is 11.5 Å². The Balaban J connectivity index is 1.70. The number of carbonyl (C=O) groups excluding carboxylic acids is 1. The van der Waals surface area contributed by atoms with Crippen LogP contribution >= 0.6 is 0 Å². The Kier molecular flexibility index (Phi) is 4.48. The van der Waals surface area contributed by atoms with E-state index in [4.69, 9.17) is 9.47 Å². The van der Waals surface area contributed by atoms with Crippen LogP contribution in [-0.2, 0) is 11.2 Å². The Hall–Kier alpha value is -1.75. The van der Waals surface area contributed by atoms with E-state index in [1.165, 1.54) is 0 Å². The van der Waals surface area contributed by atoms with Gasteiger partial charge in [-0.05, 0) is 38.1 Å². The fourth-order valence-electron chi connectivity index (χ4n) is 3.77. The van der Waals surface area contributed by atoms with Crippen LogP contribution in [0.1, 0.15) is 12.5 Å². The van der Waals surface area contributed by atoms with E-state index < -0.39 is 0 Å². The van der Waals surface area contributed by atoms with Crippen molar-refractivity contribution in [2.75, 3.05) is 40.9 Å². The number of fused-ring (bicyclic) bond motifs is 1. The Labute approximate surface area is 138 Å². The predicted molar refractivity (Wildman–Crippen MR) is 88.9 cm³/mol. The Morgan fingerprint density at radius 3 is 2.78 bits per heavy atom. The van der Waals surface area contributed by atoms with Crippen molar-refractivity contribution >= 4 is 5.91 Å². The molecule has 5 heteroatoms. The molecule has 1 fully saturated rings. The molecule has 0 unspecified atom stereocenters. The standard InChI is InChI=1S/C18H26N2O3/c1-12-9-20(10-15(12)19(2)3)18(21)14-8-13-6-5-7-16(22-4)17(13)23-11-14/h5-7,12,14-15H,8-11H2,1-4H3/t12-,14+,15+/m0/s1. The molecule has 3 rings (SSSR count). The lowest BCUT2D eigenvalue weighted by atomic mass is 9.95. The van der Waals surface area contributed by atoms with Crippen molar-refractivity contribution in [2.45, 2.75) is 19.4 Å². The number of likely N-dealkylation sites (N-methyl/N-ethyl adjacent to an activating group) is 1. The summed E-state index contributed by atoms with van der Waals surface area (Å²) < 4.78 is 11.2. The van der Waals surface area contributed by atoms with Crippen LogP contribution in [0.4, 0.5) is 0 Å². The minimum absolute atomic E-state index is 0.0947. The van der Waals surface area contributed by atoms with Crippen molar-refractivity contribution in [3.63, 3.8) is 0 Å². The number of hydrogen-bond donors (Lipinski definition) is 0. The molecule has 1 aromatic carbocycles. The third kappa shape index (κ3) is 3.02. The Bertz CT molecular complexity index is 588. The number of para-hydroxylation sites is 1. The number of rotatable bonds is 3. The van der Waals surface area contributed by atoms with Gasteiger partial charge in [0, 0.05) is 19.1 Å². The fraction of sp³-hybridized carbons (Fsp3) is 0.611. The maximum Gasteiger partial charge on any atom is 0.229 e. The van der Waals surface area contributed by atoms with Gasteiger partial charge in [-0.25, -0.2) is 0 Å². The molecule has 2 aliphatic rings. The van der Waals surface area contributed by atoms with Gasteiger partial charge in [0.25, 0.3) is 0 Å². The van der Waals surface area contributed by atoms with Crippen LogP contribution in [0.25, 0.3) is 0 Å². The summed E-state index contributed by atoms with van der Waals surface area (Å²) in [6, 6.07) is 6.31. The smallest absolute Gasteiger partial charge is 0.229 e. The number of likely N-dealkylation sites (tertiary alicyclic amines) is 1. The summed E-state index contributed by atoms with van der Waals surface area (Å²) in [7, 11) is 5.81. The van der Waals surface area contributed by atoms with Crippen LogP contribution in [0, 0.1) is 11.8 Å². The van der Waals surface area contributed by atoms with E-state index in [9.17, 15) is 4.79 Å². The summed E-state index contributed by atoms with van der Waals surface area (Å²) >= 11 is 0. The Morgan fingerprint density at radius 1 is 1.35 bits per heavy atom. The van der Waals surface area contributed by atoms with Gasteiger partial charge in [0.05, 0.1) is 13.0 Å². The molecule has 0 radical (unpaired) electrons. The molecule has 5 nitrogen and oxygen atoms in total. The lowest BCUT2D eigenvalue weighted by Gasteiger charge is -2.29. The van der Waals surface area contributed by atoms with E-state index in [0.29, 0.717) is 18.6 Å². The van der Waals surface area contributed by atoms with Gasteiger partial charge in [-0.1, -0.05) is 19.1 Å². The van der Waals surface area contributed by atoms with Crippen molar-refractivity contribution in [3.8, 4) is 11.5 Å². The van der Waals surface area contributed by atoms with E-state index in [1.54, 1.807) is 7.11 Å². The van der Waals surface area contributed by atoms with Crippen molar-refractivity contribution in [1.29, 1.82) is 0 Å². The van der Waals surface area contributed by atoms with E-state index in [1.807, 2.05) is 23.1 Å². The maximum atomic E-state index is 12.9. The molecule has 0 bridgehead atoms. The van der Waals surface area contributed by atoms with Gasteiger partial charge in [0.15, 0.2) is 11.5 Å². The molecule has 2 aliphatic heterocycles. The SMILES string of the molecule is COc1cccc2c1OC[C@H](C(=O)N1C[C@@H](N(C)C)[C@@H](C)C1)C2. The highest BCUT2D eigenvalue weighted by Gasteiger charge is 2.38. The summed E-state index contributed by atoms with van der Waals surface area (Å²) in [6.45, 7) is 4.30. The second-order valence-corrected chi connectivity index (χ2v) is 6.91. The summed E-state index contributed by atoms with van der Waals surface area (Å²) in [5, 5.41) is 0. The lowest BCUT2D eigenvalue weighted by molar-refractivity contribution is -0.136. The highest BCUT2D eigenvalue weighted by Crippen LogP contribution is 2.36. The van der Waals surface area contributed by atoms with Crippen LogP contribution in [0.2, 0.25) is 0 Å². The molecule has 1 saturated heterocycles. The maximum absolute atomic E-state index is 12.9. The molecule has 23 heavy (non-hydrogen) atoms. The number of amides is 1. The van der Waals surface area contributed by atoms with E-state index >= 15 is 0 Å². The molecule has 0 spiro atoms. The molecule has 126 valence electrons. The van der Waals surface area contributed by atoms with Gasteiger partial charge in [-0.2, -0.15) is 0 Å². The minimum Gasteiger partial charge on any atom is -0.493 e. The zero-order valence-corrected chi connectivity index (χ0v) is 14.4. The van der Waals surface area contributed by atoms with Crippen molar-refractivity contribution < 1.29 is 14.3 Å². The van der Waals surface area contributed by atoms with E-state index in [-0.39, 0.29) is 11.8 Å². The molecule has 2 heterocycles. The van der Waals surface area contributed by atoms with E-state index in [2.05, 4.69) is 25.9 Å². The molecule has 3 atom stereocenters. The average Bonchev–Trinajstić information content (AvgIpc) is 2.95. The number of nitrogens with zero attached hydrogens (tertiary/aromatic N) is 2. The summed E-state index contributed by atoms with van der Waals surface area (Å²) in [5.74, 6) is 2.17. The summed E-state index contributed by atoms with van der Waals surface area (Å²) in [5.41, 5.74) is 1.06. The third-order valence-corrected chi connectivity index (χ3v) is 5.07. The molecular formula is C18H26N2O3. The van der Waals surface area contributed by atoms with E-state index in [0.717, 1.165) is 36.6 Å². The normalized spacial score (nSPS) is 26.8. The molecule has 1 aromatic rings. The third-order valence-electron chi connectivity index (χ3n) is 5.07. The topological polar surface area (TPSA) is 42.0 Å². The van der Waals surface area contributed by atoms with Crippen molar-refractivity contribution in [2.24, 2.45) is 11.8 Å². The zero-order valence-electron chi connectivity index (χ0n) is 14.4. The average molecular weight is 318 g/mol. The first-order valence-electron chi connectivity index (χ1n) is 8.25. The second kappa shape index (κ2) is 6.40. The van der Waals surface area contributed by atoms with Gasteiger partial charge < -0.3 is 19.3 Å². The molecule has 0 aromatic heterocycles. The number of carbonyl (C=O) groups is 1. The highest BCUT2D eigenvalue weighted by molar-refractivity contribution is 5.80. The zero-order chi connectivity index (χ0) is 16.6.